The van der Waals surface area contributed by atoms with Gasteiger partial charge in [0.1, 0.15) is 28.6 Å². The van der Waals surface area contributed by atoms with E-state index in [1.54, 1.807) is 191 Å². The molecular formula is C111H96Cl5N23O9S2. The van der Waals surface area contributed by atoms with Gasteiger partial charge < -0.3 is 56.2 Å². The number of aromatic nitrogens is 14. The smallest absolute Gasteiger partial charge is 0.259 e. The molecule has 0 amide bonds. The highest BCUT2D eigenvalue weighted by Crippen LogP contribution is 2.37. The van der Waals surface area contributed by atoms with Crippen molar-refractivity contribution in [3.05, 3.63) is 393 Å². The molecule has 13 heterocycles. The molecule has 2 saturated heterocycles. The standard InChI is InChI=1S/C25H24ClN5O.C24H23ClN6O.C22H18ClN3O3S.C21H17ClN4O3S.C19H14ClN5O/c1-30-23-15-24(29-18-5-4-6-19(14-18)31-11-9-27-10-12-31)28-16-17(23)13-21(25(30)32)20-7-2-3-8-22(20)26;1-30-22-16(13-20(23(30)32)19-7-2-3-8-21(19)25)15-27-24(29-22)28-17-5-4-6-18(14-17)31-11-9-26-10-12-31;1-26-20-12-21(25-15-6-5-7-16(11-15)30(2,28)29)24-13-14(20)10-18(22(26)27)17-8-3-4-9-19(17)23;1-26-19-13(10-17(20(26)27)16-8-3-4-9-18(16)22)12-23-21(25-19)24-14-6-5-7-15(11-14)30(2,28)29;1-25-17-12(9-15(18(25)26)14-6-2-3-7-16(14)20)10-22-19(24-17)23-13-5-4-8-21-11-13/h2-8,13-16,27H,9-12H2,1H3,(H,28,29);2-8,13-15,26H,9-12H2,1H3,(H,27,28,29);3-13H,1-2H3,(H,24,25);3-12H,1-2H3,(H,23,24,25);2-11H,1H3,(H,22,23,24). The average Bonchev–Trinajstić information content (AvgIpc) is 0.781. The predicted octanol–water partition coefficient (Wildman–Crippen LogP) is 20.2. The number of rotatable bonds is 19. The van der Waals surface area contributed by atoms with Gasteiger partial charge in [-0.2, -0.15) is 15.0 Å². The maximum Gasteiger partial charge on any atom is 0.259 e. The summed E-state index contributed by atoms with van der Waals surface area (Å²) in [5.74, 6) is 2.26. The molecule has 0 bridgehead atoms. The molecule has 9 aromatic carbocycles. The van der Waals surface area contributed by atoms with Crippen LogP contribution in [-0.2, 0) is 54.9 Å². The summed E-state index contributed by atoms with van der Waals surface area (Å²) in [6.45, 7) is 7.90. The van der Waals surface area contributed by atoms with Gasteiger partial charge in [-0.05, 0) is 146 Å². The molecule has 2 aliphatic heterocycles. The van der Waals surface area contributed by atoms with Crippen molar-refractivity contribution in [2.45, 2.75) is 9.79 Å². The summed E-state index contributed by atoms with van der Waals surface area (Å²) in [6.07, 6.45) is 14.1. The van der Waals surface area contributed by atoms with Gasteiger partial charge >= 0.3 is 0 Å². The number of benzene rings is 9. The van der Waals surface area contributed by atoms with E-state index in [1.807, 2.05) is 127 Å². The summed E-state index contributed by atoms with van der Waals surface area (Å²) in [7, 11) is 1.85. The first-order chi connectivity index (χ1) is 72.3. The van der Waals surface area contributed by atoms with E-state index < -0.39 is 19.7 Å². The Morgan fingerprint density at radius 3 is 0.880 bits per heavy atom. The molecule has 756 valence electrons. The van der Waals surface area contributed by atoms with Crippen molar-refractivity contribution in [2.24, 2.45) is 35.2 Å². The van der Waals surface area contributed by atoms with Crippen LogP contribution in [0.1, 0.15) is 0 Å². The van der Waals surface area contributed by atoms with Crippen molar-refractivity contribution >= 4 is 202 Å². The van der Waals surface area contributed by atoms with E-state index >= 15 is 0 Å². The van der Waals surface area contributed by atoms with Gasteiger partial charge in [0.25, 0.3) is 27.8 Å². The molecule has 20 aromatic rings. The second-order valence-electron chi connectivity index (χ2n) is 35.2. The third-order valence-electron chi connectivity index (χ3n) is 25.0. The number of nitrogens with zero attached hydrogens (tertiary/aromatic N) is 16. The zero-order valence-corrected chi connectivity index (χ0v) is 87.1. The number of pyridine rings is 8. The van der Waals surface area contributed by atoms with Gasteiger partial charge in [0, 0.05) is 291 Å². The number of halogens is 5. The molecule has 0 unspecified atom stereocenters. The highest BCUT2D eigenvalue weighted by Gasteiger charge is 2.23. The van der Waals surface area contributed by atoms with Crippen LogP contribution in [0.15, 0.2) is 350 Å². The van der Waals surface area contributed by atoms with Crippen LogP contribution in [-0.4, -0.2) is 149 Å². The quantitative estimate of drug-likeness (QED) is 0.0395. The lowest BCUT2D eigenvalue weighted by molar-refractivity contribution is 0.589. The van der Waals surface area contributed by atoms with E-state index in [2.05, 4.69) is 116 Å². The molecule has 0 spiro atoms. The van der Waals surface area contributed by atoms with Gasteiger partial charge in [-0.3, -0.25) is 42.7 Å². The SMILES string of the molecule is Cn1c(=O)c(-c2ccccc2Cl)cc2cnc(Nc3cccc(N4CCNCC4)c3)cc21.Cn1c(=O)c(-c2ccccc2Cl)cc2cnc(Nc3cccc(N4CCNCC4)c3)nc21.Cn1c(=O)c(-c2ccccc2Cl)cc2cnc(Nc3cccc(S(C)(=O)=O)c3)cc21.Cn1c(=O)c(-c2ccccc2Cl)cc2cnc(Nc3cccc(S(C)(=O)=O)c3)nc21.Cn1c(=O)c(-c2ccccc2Cl)cc2cnc(Nc3cccnc3)nc21. The second kappa shape index (κ2) is 45.5. The Hall–Kier alpha value is -16.4. The highest BCUT2D eigenvalue weighted by atomic mass is 35.5. The maximum atomic E-state index is 13.1. The number of nitrogens with one attached hydrogen (secondary N) is 7. The van der Waals surface area contributed by atoms with Crippen LogP contribution in [0.5, 0.6) is 0 Å². The lowest BCUT2D eigenvalue weighted by atomic mass is 10.1. The molecule has 7 N–H and O–H groups in total. The van der Waals surface area contributed by atoms with E-state index in [4.69, 9.17) is 58.0 Å². The fourth-order valence-corrected chi connectivity index (χ4v) is 19.8. The fraction of sp³-hybridized carbons (Fsp3) is 0.135. The number of piperazine rings is 2. The number of sulfone groups is 2. The first-order valence-corrected chi connectivity index (χ1v) is 52.8. The maximum absolute atomic E-state index is 13.1. The van der Waals surface area contributed by atoms with Crippen LogP contribution in [0.3, 0.4) is 0 Å². The minimum Gasteiger partial charge on any atom is -0.369 e. The van der Waals surface area contributed by atoms with E-state index in [0.717, 1.165) is 120 Å². The predicted molar refractivity (Wildman–Crippen MR) is 603 cm³/mol. The summed E-state index contributed by atoms with van der Waals surface area (Å²) in [4.78, 5) is 110. The van der Waals surface area contributed by atoms with Crippen LogP contribution < -0.4 is 74.8 Å². The molecule has 11 aromatic heterocycles. The third-order valence-corrected chi connectivity index (χ3v) is 28.9. The zero-order valence-electron chi connectivity index (χ0n) is 81.7. The van der Waals surface area contributed by atoms with Gasteiger partial charge in [-0.1, -0.05) is 173 Å². The molecule has 32 nitrogen and oxygen atoms in total. The Bertz CT molecular complexity index is 8750. The normalized spacial score (nSPS) is 12.5. The molecule has 0 saturated carbocycles. The molecule has 2 fully saturated rings. The summed E-state index contributed by atoms with van der Waals surface area (Å²) < 4.78 is 54.8. The van der Waals surface area contributed by atoms with Gasteiger partial charge in [0.15, 0.2) is 19.7 Å². The minimum atomic E-state index is -3.34. The number of aryl methyl sites for hydroxylation is 5. The minimum absolute atomic E-state index is 0.0940. The Kier molecular flexibility index (Phi) is 31.4. The van der Waals surface area contributed by atoms with E-state index in [1.165, 1.54) is 37.6 Å². The summed E-state index contributed by atoms with van der Waals surface area (Å²) in [5.41, 5.74) is 14.3. The van der Waals surface area contributed by atoms with E-state index in [-0.39, 0.29) is 43.5 Å². The monoisotopic (exact) mass is 2130 g/mol. The van der Waals surface area contributed by atoms with Gasteiger partial charge in [-0.25, -0.2) is 41.8 Å². The number of hydrogen-bond acceptors (Lipinski definition) is 27. The molecule has 0 atom stereocenters. The fourth-order valence-electron chi connectivity index (χ4n) is 17.3. The molecule has 0 aliphatic carbocycles. The van der Waals surface area contributed by atoms with Crippen LogP contribution >= 0.6 is 58.0 Å². The average molecular weight is 2140 g/mol. The van der Waals surface area contributed by atoms with Gasteiger partial charge in [0.05, 0.1) is 32.7 Å². The van der Waals surface area contributed by atoms with Crippen LogP contribution in [0, 0.1) is 0 Å². The Morgan fingerprint density at radius 1 is 0.280 bits per heavy atom. The third kappa shape index (κ3) is 23.7. The highest BCUT2D eigenvalue weighted by molar-refractivity contribution is 7.91. The van der Waals surface area contributed by atoms with Crippen molar-refractivity contribution in [1.82, 2.24) is 78.3 Å². The van der Waals surface area contributed by atoms with Crippen molar-refractivity contribution < 1.29 is 16.8 Å². The molecule has 22 rings (SSSR count). The van der Waals surface area contributed by atoms with Gasteiger partial charge in [-0.15, -0.1) is 0 Å². The summed E-state index contributed by atoms with van der Waals surface area (Å²) in [6, 6.07) is 82.0. The first-order valence-electron chi connectivity index (χ1n) is 47.1. The zero-order chi connectivity index (χ0) is 105. The number of hydrogen-bond donors (Lipinski definition) is 7. The molecule has 150 heavy (non-hydrogen) atoms. The van der Waals surface area contributed by atoms with E-state index in [0.29, 0.717) is 138 Å². The Labute approximate surface area is 885 Å². The van der Waals surface area contributed by atoms with Crippen LogP contribution in [0.4, 0.5) is 69.3 Å². The molecule has 39 heteroatoms. The topological polar surface area (TPSA) is 385 Å². The molecular weight excluding hydrogens is 2040 g/mol. The van der Waals surface area contributed by atoms with Crippen LogP contribution in [0.25, 0.3) is 111 Å². The van der Waals surface area contributed by atoms with Crippen molar-refractivity contribution in [1.29, 1.82) is 0 Å². The summed E-state index contributed by atoms with van der Waals surface area (Å²) >= 11 is 31.5. The Morgan fingerprint density at radius 2 is 0.560 bits per heavy atom. The number of anilines is 12. The van der Waals surface area contributed by atoms with Crippen molar-refractivity contribution in [2.75, 3.05) is 101 Å². The largest absolute Gasteiger partial charge is 0.369 e. The Balaban J connectivity index is 0.000000123. The molecule has 2 aliphatic rings. The van der Waals surface area contributed by atoms with Gasteiger partial charge in [0.2, 0.25) is 17.8 Å². The molecule has 0 radical (unpaired) electrons. The lowest BCUT2D eigenvalue weighted by Crippen LogP contribution is -2.43. The summed E-state index contributed by atoms with van der Waals surface area (Å²) in [5, 5.41) is 29.0. The van der Waals surface area contributed by atoms with E-state index in [9.17, 15) is 40.8 Å². The van der Waals surface area contributed by atoms with Crippen molar-refractivity contribution in [3.8, 4) is 55.6 Å². The van der Waals surface area contributed by atoms with Crippen LogP contribution in [0.2, 0.25) is 25.1 Å². The second-order valence-corrected chi connectivity index (χ2v) is 41.3. The number of fused-ring (bicyclic) bond motifs is 5. The lowest BCUT2D eigenvalue weighted by Gasteiger charge is -2.29. The first kappa shape index (κ1) is 104. The van der Waals surface area contributed by atoms with Crippen molar-refractivity contribution in [3.63, 3.8) is 0 Å².